The van der Waals surface area contributed by atoms with Crippen LogP contribution in [0.15, 0.2) is 46.2 Å². The van der Waals surface area contributed by atoms with Crippen LogP contribution >= 0.6 is 0 Å². The highest BCUT2D eigenvalue weighted by molar-refractivity contribution is 7.89. The zero-order chi connectivity index (χ0) is 19.8. The second kappa shape index (κ2) is 7.16. The molecule has 3 rings (SSSR count). The van der Waals surface area contributed by atoms with Crippen LogP contribution in [0.4, 0.5) is 5.69 Å². The monoisotopic (exact) mass is 389 g/mol. The van der Waals surface area contributed by atoms with Gasteiger partial charge in [-0.3, -0.25) is 4.40 Å². The Kier molecular flexibility index (Phi) is 5.07. The van der Waals surface area contributed by atoms with Crippen molar-refractivity contribution >= 4 is 21.4 Å². The largest absolute Gasteiger partial charge is 0.383 e. The molecule has 1 N–H and O–H groups in total. The van der Waals surface area contributed by atoms with E-state index in [1.807, 2.05) is 19.9 Å². The average Bonchev–Trinajstić information content (AvgIpc) is 2.94. The van der Waals surface area contributed by atoms with Crippen molar-refractivity contribution < 1.29 is 8.42 Å². The number of aromatic nitrogens is 3. The number of fused-ring (bicyclic) bond motifs is 1. The van der Waals surface area contributed by atoms with E-state index in [0.717, 1.165) is 16.8 Å². The zero-order valence-electron chi connectivity index (χ0n) is 15.8. The molecular formula is C18H23N5O3S. The third kappa shape index (κ3) is 3.60. The number of benzene rings is 1. The summed E-state index contributed by atoms with van der Waals surface area (Å²) in [5.74, 6) is 0. The summed E-state index contributed by atoms with van der Waals surface area (Å²) in [6.45, 7) is 4.61. The molecule has 0 saturated carbocycles. The Hall–Kier alpha value is -2.65. The first-order valence-electron chi connectivity index (χ1n) is 8.53. The molecule has 144 valence electrons. The molecule has 0 aliphatic heterocycles. The van der Waals surface area contributed by atoms with E-state index >= 15 is 0 Å². The van der Waals surface area contributed by atoms with Crippen LogP contribution < -0.4 is 11.0 Å². The van der Waals surface area contributed by atoms with E-state index in [-0.39, 0.29) is 10.6 Å². The molecule has 0 unspecified atom stereocenters. The highest BCUT2D eigenvalue weighted by atomic mass is 32.2. The van der Waals surface area contributed by atoms with Crippen molar-refractivity contribution in [1.82, 2.24) is 18.5 Å². The third-order valence-corrected chi connectivity index (χ3v) is 6.34. The van der Waals surface area contributed by atoms with Crippen molar-refractivity contribution in [1.29, 1.82) is 0 Å². The fraction of sp³-hybridized carbons (Fsp3) is 0.333. The van der Waals surface area contributed by atoms with Crippen LogP contribution in [-0.4, -0.2) is 47.5 Å². The first kappa shape index (κ1) is 19.1. The summed E-state index contributed by atoms with van der Waals surface area (Å²) in [6, 6.07) is 8.68. The highest BCUT2D eigenvalue weighted by Gasteiger charge is 2.19. The van der Waals surface area contributed by atoms with Crippen molar-refractivity contribution in [2.45, 2.75) is 25.3 Å². The van der Waals surface area contributed by atoms with E-state index in [1.54, 1.807) is 30.5 Å². The van der Waals surface area contributed by atoms with Gasteiger partial charge in [0.15, 0.2) is 5.65 Å². The van der Waals surface area contributed by atoms with E-state index in [4.69, 9.17) is 0 Å². The van der Waals surface area contributed by atoms with Gasteiger partial charge in [-0.2, -0.15) is 0 Å². The van der Waals surface area contributed by atoms with Crippen molar-refractivity contribution in [3.05, 3.63) is 58.1 Å². The molecule has 0 spiro atoms. The second-order valence-electron chi connectivity index (χ2n) is 6.56. The summed E-state index contributed by atoms with van der Waals surface area (Å²) >= 11 is 0. The molecule has 1 aromatic carbocycles. The van der Waals surface area contributed by atoms with Crippen molar-refractivity contribution in [3.8, 4) is 0 Å². The van der Waals surface area contributed by atoms with Gasteiger partial charge in [-0.25, -0.2) is 22.2 Å². The predicted molar refractivity (Wildman–Crippen MR) is 105 cm³/mol. The number of pyridine rings is 1. The number of aryl methyl sites for hydroxylation is 1. The molecule has 0 radical (unpaired) electrons. The smallest absolute Gasteiger partial charge is 0.350 e. The van der Waals surface area contributed by atoms with Gasteiger partial charge in [0.25, 0.3) is 0 Å². The highest BCUT2D eigenvalue weighted by Crippen LogP contribution is 2.25. The number of nitrogens with zero attached hydrogens (tertiary/aromatic N) is 4. The lowest BCUT2D eigenvalue weighted by atomic mass is 10.1. The normalized spacial score (nSPS) is 12.0. The summed E-state index contributed by atoms with van der Waals surface area (Å²) in [4.78, 5) is 12.5. The van der Waals surface area contributed by atoms with E-state index in [2.05, 4.69) is 10.4 Å². The summed E-state index contributed by atoms with van der Waals surface area (Å²) in [5.41, 5.74) is 2.96. The van der Waals surface area contributed by atoms with E-state index < -0.39 is 10.0 Å². The fourth-order valence-electron chi connectivity index (χ4n) is 2.78. The van der Waals surface area contributed by atoms with Gasteiger partial charge in [0.2, 0.25) is 10.0 Å². The van der Waals surface area contributed by atoms with Gasteiger partial charge in [0.1, 0.15) is 0 Å². The van der Waals surface area contributed by atoms with Gasteiger partial charge in [-0.15, -0.1) is 5.10 Å². The van der Waals surface area contributed by atoms with Crippen molar-refractivity contribution in [2.75, 3.05) is 26.0 Å². The molecule has 0 atom stereocenters. The lowest BCUT2D eigenvalue weighted by Crippen LogP contribution is -2.25. The molecule has 9 heteroatoms. The molecule has 0 aliphatic rings. The summed E-state index contributed by atoms with van der Waals surface area (Å²) in [5, 5.41) is 7.52. The number of nitrogens with one attached hydrogen (secondary N) is 1. The van der Waals surface area contributed by atoms with E-state index in [1.165, 1.54) is 27.5 Å². The topological polar surface area (TPSA) is 88.7 Å². The SMILES string of the molecule is Cc1cc(S(=O)(=O)N(C)C)cc(NCCn2nc3ccccn3c2=O)c1C. The summed E-state index contributed by atoms with van der Waals surface area (Å²) < 4.78 is 28.9. The van der Waals surface area contributed by atoms with Crippen LogP contribution in [0, 0.1) is 13.8 Å². The Bertz CT molecular complexity index is 1150. The van der Waals surface area contributed by atoms with Crippen LogP contribution in [-0.2, 0) is 16.6 Å². The van der Waals surface area contributed by atoms with Gasteiger partial charge in [0, 0.05) is 32.5 Å². The first-order chi connectivity index (χ1) is 12.7. The van der Waals surface area contributed by atoms with Crippen LogP contribution in [0.2, 0.25) is 0 Å². The molecule has 27 heavy (non-hydrogen) atoms. The third-order valence-electron chi connectivity index (χ3n) is 4.55. The molecular weight excluding hydrogens is 366 g/mol. The van der Waals surface area contributed by atoms with E-state index in [9.17, 15) is 13.2 Å². The van der Waals surface area contributed by atoms with Gasteiger partial charge in [0.05, 0.1) is 11.4 Å². The molecule has 0 saturated heterocycles. The maximum absolute atomic E-state index is 12.4. The van der Waals surface area contributed by atoms with Crippen molar-refractivity contribution in [2.24, 2.45) is 0 Å². The second-order valence-corrected chi connectivity index (χ2v) is 8.71. The summed E-state index contributed by atoms with van der Waals surface area (Å²) in [7, 11) is -0.503. The molecule has 3 aromatic rings. The molecule has 0 aliphatic carbocycles. The molecule has 2 aromatic heterocycles. The Labute approximate surface area is 158 Å². The van der Waals surface area contributed by atoms with Gasteiger partial charge in [-0.05, 0) is 49.2 Å². The van der Waals surface area contributed by atoms with Gasteiger partial charge in [-0.1, -0.05) is 6.07 Å². The maximum atomic E-state index is 12.4. The van der Waals surface area contributed by atoms with Gasteiger partial charge < -0.3 is 5.32 Å². The van der Waals surface area contributed by atoms with Gasteiger partial charge >= 0.3 is 5.69 Å². The van der Waals surface area contributed by atoms with Crippen molar-refractivity contribution in [3.63, 3.8) is 0 Å². The lowest BCUT2D eigenvalue weighted by molar-refractivity contribution is 0.520. The van der Waals surface area contributed by atoms with Crippen LogP contribution in [0.25, 0.3) is 5.65 Å². The fourth-order valence-corrected chi connectivity index (χ4v) is 3.79. The van der Waals surface area contributed by atoms with Crippen LogP contribution in [0.5, 0.6) is 0 Å². The maximum Gasteiger partial charge on any atom is 0.350 e. The van der Waals surface area contributed by atoms with Crippen LogP contribution in [0.1, 0.15) is 11.1 Å². The minimum absolute atomic E-state index is 0.204. The number of hydrogen-bond acceptors (Lipinski definition) is 5. The summed E-state index contributed by atoms with van der Waals surface area (Å²) in [6.07, 6.45) is 1.68. The zero-order valence-corrected chi connectivity index (χ0v) is 16.6. The lowest BCUT2D eigenvalue weighted by Gasteiger charge is -2.17. The molecule has 0 amide bonds. The Balaban J connectivity index is 1.82. The molecule has 2 heterocycles. The number of anilines is 1. The standard InChI is InChI=1S/C18H23N5O3S/c1-13-11-15(27(25,26)21(3)4)12-16(14(13)2)19-8-10-23-18(24)22-9-6-5-7-17(22)20-23/h5-7,9,11-12,19H,8,10H2,1-4H3. The first-order valence-corrected chi connectivity index (χ1v) is 9.97. The Morgan fingerprint density at radius 1 is 1.19 bits per heavy atom. The Morgan fingerprint density at radius 2 is 1.93 bits per heavy atom. The molecule has 8 nitrogen and oxygen atoms in total. The quantitative estimate of drug-likeness (QED) is 0.690. The minimum atomic E-state index is -3.52. The van der Waals surface area contributed by atoms with E-state index in [0.29, 0.717) is 18.7 Å². The molecule has 0 bridgehead atoms. The minimum Gasteiger partial charge on any atom is -0.383 e. The predicted octanol–water partition coefficient (Wildman–Crippen LogP) is 1.48. The molecule has 0 fully saturated rings. The average molecular weight is 389 g/mol. The number of rotatable bonds is 6. The number of sulfonamides is 1. The number of hydrogen-bond donors (Lipinski definition) is 1. The van der Waals surface area contributed by atoms with Crippen LogP contribution in [0.3, 0.4) is 0 Å². The Morgan fingerprint density at radius 3 is 2.59 bits per heavy atom.